The quantitative estimate of drug-likeness (QED) is 0.646. The number of rotatable bonds is 4. The number of aryl methyl sites for hydroxylation is 1. The third-order valence-corrected chi connectivity index (χ3v) is 6.80. The van der Waals surface area contributed by atoms with Crippen molar-refractivity contribution in [3.8, 4) is 5.00 Å². The van der Waals surface area contributed by atoms with E-state index in [4.69, 9.17) is 0 Å². The summed E-state index contributed by atoms with van der Waals surface area (Å²) in [7, 11) is 0. The summed E-state index contributed by atoms with van der Waals surface area (Å²) in [6, 6.07) is 13.4. The van der Waals surface area contributed by atoms with Crippen molar-refractivity contribution in [2.75, 3.05) is 18.4 Å². The molecular weight excluding hydrogens is 396 g/mol. The summed E-state index contributed by atoms with van der Waals surface area (Å²) in [6.45, 7) is 5.29. The average molecular weight is 423 g/mol. The number of hydrogen-bond donors (Lipinski definition) is 2. The summed E-state index contributed by atoms with van der Waals surface area (Å²) in [5.41, 5.74) is 2.57. The lowest BCUT2D eigenvalue weighted by molar-refractivity contribution is 0.0919. The highest BCUT2D eigenvalue weighted by atomic mass is 32.1. The van der Waals surface area contributed by atoms with Gasteiger partial charge in [-0.25, -0.2) is 4.79 Å². The third kappa shape index (κ3) is 4.26. The molecule has 4 rings (SSSR count). The Morgan fingerprint density at radius 1 is 1.00 bits per heavy atom. The Morgan fingerprint density at radius 2 is 1.67 bits per heavy atom. The van der Waals surface area contributed by atoms with E-state index in [1.54, 1.807) is 16.2 Å². The maximum absolute atomic E-state index is 13.1. The Kier molecular flexibility index (Phi) is 5.90. The first kappa shape index (κ1) is 20.2. The number of nitrogens with one attached hydrogen (secondary N) is 2. The topological polar surface area (TPSA) is 66.4 Å². The number of thiophene rings is 1. The molecule has 2 aromatic heterocycles. The molecule has 0 unspecified atom stereocenters. The Morgan fingerprint density at radius 3 is 2.33 bits per heavy atom. The molecule has 6 nitrogen and oxygen atoms in total. The van der Waals surface area contributed by atoms with Gasteiger partial charge in [-0.2, -0.15) is 0 Å². The number of benzene rings is 1. The van der Waals surface area contributed by atoms with Gasteiger partial charge in [-0.1, -0.05) is 18.2 Å². The van der Waals surface area contributed by atoms with Gasteiger partial charge in [0.15, 0.2) is 0 Å². The van der Waals surface area contributed by atoms with Crippen LogP contribution in [0.1, 0.15) is 33.6 Å². The number of likely N-dealkylation sites (tertiary alicyclic amines) is 1. The number of carbonyl (C=O) groups excluding carboxylic acids is 2. The molecule has 1 aliphatic heterocycles. The molecule has 30 heavy (non-hydrogen) atoms. The molecule has 1 aromatic carbocycles. The molecule has 0 bridgehead atoms. The maximum Gasteiger partial charge on any atom is 0.321 e. The fourth-order valence-corrected chi connectivity index (χ4v) is 4.86. The van der Waals surface area contributed by atoms with Crippen LogP contribution in [0.15, 0.2) is 54.9 Å². The first-order valence-corrected chi connectivity index (χ1v) is 11.0. The zero-order valence-corrected chi connectivity index (χ0v) is 18.0. The molecule has 3 amide bonds. The van der Waals surface area contributed by atoms with Gasteiger partial charge in [0.25, 0.3) is 5.91 Å². The van der Waals surface area contributed by atoms with E-state index < -0.39 is 0 Å². The lowest BCUT2D eigenvalue weighted by Gasteiger charge is -2.32. The molecule has 1 saturated heterocycles. The van der Waals surface area contributed by atoms with Gasteiger partial charge in [0.2, 0.25) is 0 Å². The van der Waals surface area contributed by atoms with E-state index >= 15 is 0 Å². The summed E-state index contributed by atoms with van der Waals surface area (Å²) >= 11 is 1.64. The highest BCUT2D eigenvalue weighted by Crippen LogP contribution is 2.31. The van der Waals surface area contributed by atoms with E-state index in [2.05, 4.69) is 10.6 Å². The zero-order chi connectivity index (χ0) is 21.1. The lowest BCUT2D eigenvalue weighted by Crippen LogP contribution is -2.47. The van der Waals surface area contributed by atoms with Crippen molar-refractivity contribution in [2.45, 2.75) is 32.7 Å². The number of urea groups is 1. The number of anilines is 1. The van der Waals surface area contributed by atoms with Crippen molar-refractivity contribution in [1.82, 2.24) is 14.8 Å². The summed E-state index contributed by atoms with van der Waals surface area (Å²) in [5.74, 6) is -0.0345. The summed E-state index contributed by atoms with van der Waals surface area (Å²) < 4.78 is 2.00. The van der Waals surface area contributed by atoms with E-state index in [9.17, 15) is 9.59 Å². The average Bonchev–Trinajstić information content (AvgIpc) is 3.38. The Hall–Kier alpha value is -3.06. The van der Waals surface area contributed by atoms with Crippen LogP contribution in [0.3, 0.4) is 0 Å². The summed E-state index contributed by atoms with van der Waals surface area (Å²) in [6.07, 6.45) is 5.42. The van der Waals surface area contributed by atoms with Crippen molar-refractivity contribution >= 4 is 29.0 Å². The van der Waals surface area contributed by atoms with Crippen LogP contribution >= 0.6 is 11.3 Å². The van der Waals surface area contributed by atoms with Crippen LogP contribution in [0.5, 0.6) is 0 Å². The molecule has 1 fully saturated rings. The van der Waals surface area contributed by atoms with Crippen LogP contribution in [-0.2, 0) is 0 Å². The van der Waals surface area contributed by atoms with Gasteiger partial charge >= 0.3 is 6.03 Å². The molecular formula is C23H26N4O2S. The van der Waals surface area contributed by atoms with Crippen molar-refractivity contribution in [2.24, 2.45) is 0 Å². The van der Waals surface area contributed by atoms with Gasteiger partial charge in [-0.15, -0.1) is 11.3 Å². The van der Waals surface area contributed by atoms with Crippen molar-refractivity contribution in [1.29, 1.82) is 0 Å². The largest absolute Gasteiger partial charge is 0.349 e. The Balaban J connectivity index is 1.37. The predicted octanol–water partition coefficient (Wildman–Crippen LogP) is 4.58. The molecule has 2 N–H and O–H groups in total. The van der Waals surface area contributed by atoms with Gasteiger partial charge < -0.3 is 20.1 Å². The van der Waals surface area contributed by atoms with Crippen molar-refractivity contribution in [3.63, 3.8) is 0 Å². The predicted molar refractivity (Wildman–Crippen MR) is 121 cm³/mol. The van der Waals surface area contributed by atoms with Crippen LogP contribution in [-0.4, -0.2) is 40.5 Å². The number of nitrogens with zero attached hydrogens (tertiary/aromatic N) is 2. The number of hydrogen-bond acceptors (Lipinski definition) is 3. The molecule has 0 atom stereocenters. The Bertz CT molecular complexity index is 1020. The monoisotopic (exact) mass is 422 g/mol. The summed E-state index contributed by atoms with van der Waals surface area (Å²) in [5, 5.41) is 7.07. The number of carbonyl (C=O) groups is 2. The molecule has 3 aromatic rings. The molecule has 1 aliphatic rings. The van der Waals surface area contributed by atoms with Crippen LogP contribution in [0, 0.1) is 13.8 Å². The smallest absolute Gasteiger partial charge is 0.321 e. The molecule has 0 radical (unpaired) electrons. The third-order valence-electron chi connectivity index (χ3n) is 5.58. The van der Waals surface area contributed by atoms with E-state index in [0.29, 0.717) is 13.1 Å². The molecule has 0 saturated carbocycles. The van der Waals surface area contributed by atoms with E-state index in [0.717, 1.165) is 39.5 Å². The van der Waals surface area contributed by atoms with E-state index in [1.807, 2.05) is 73.3 Å². The first-order chi connectivity index (χ1) is 14.5. The maximum atomic E-state index is 13.1. The van der Waals surface area contributed by atoms with Crippen molar-refractivity contribution < 1.29 is 9.59 Å². The highest BCUT2D eigenvalue weighted by molar-refractivity contribution is 7.15. The number of para-hydroxylation sites is 1. The van der Waals surface area contributed by atoms with E-state index in [-0.39, 0.29) is 18.0 Å². The number of amides is 3. The van der Waals surface area contributed by atoms with Crippen LogP contribution in [0.4, 0.5) is 10.5 Å². The minimum atomic E-state index is -0.0924. The number of aromatic nitrogens is 1. The molecule has 0 aliphatic carbocycles. The summed E-state index contributed by atoms with van der Waals surface area (Å²) in [4.78, 5) is 28.5. The Labute approximate surface area is 180 Å². The fourth-order valence-electron chi connectivity index (χ4n) is 3.74. The molecule has 3 heterocycles. The first-order valence-electron chi connectivity index (χ1n) is 10.2. The highest BCUT2D eigenvalue weighted by Gasteiger charge is 2.27. The van der Waals surface area contributed by atoms with Crippen LogP contribution in [0.2, 0.25) is 0 Å². The molecule has 7 heteroatoms. The van der Waals surface area contributed by atoms with E-state index in [1.165, 1.54) is 0 Å². The van der Waals surface area contributed by atoms with Gasteiger partial charge in [0, 0.05) is 42.1 Å². The van der Waals surface area contributed by atoms with Crippen LogP contribution < -0.4 is 10.6 Å². The van der Waals surface area contributed by atoms with Gasteiger partial charge in [0.05, 0.1) is 5.56 Å². The molecule has 0 spiro atoms. The fraction of sp³-hybridized carbons (Fsp3) is 0.304. The van der Waals surface area contributed by atoms with Crippen molar-refractivity contribution in [3.05, 3.63) is 70.9 Å². The minimum absolute atomic E-state index is 0.0345. The normalized spacial score (nSPS) is 14.5. The second-order valence-electron chi connectivity index (χ2n) is 7.58. The SMILES string of the molecule is Cc1sc(-n2cccc2)c(C(=O)NC2CCN(C(=O)Nc3ccccc3)CC2)c1C. The minimum Gasteiger partial charge on any atom is -0.349 e. The van der Waals surface area contributed by atoms with Gasteiger partial charge in [-0.05, 0) is 56.5 Å². The second-order valence-corrected chi connectivity index (χ2v) is 8.79. The van der Waals surface area contributed by atoms with Gasteiger partial charge in [0.1, 0.15) is 5.00 Å². The standard InChI is InChI=1S/C23H26N4O2S/c1-16-17(2)30-22(26-12-6-7-13-26)20(16)21(28)24-19-10-14-27(15-11-19)23(29)25-18-8-4-3-5-9-18/h3-9,12-13,19H,10-11,14-15H2,1-2H3,(H,24,28)(H,25,29). The van der Waals surface area contributed by atoms with Gasteiger partial charge in [-0.3, -0.25) is 4.79 Å². The van der Waals surface area contributed by atoms with Crippen LogP contribution in [0.25, 0.3) is 5.00 Å². The zero-order valence-electron chi connectivity index (χ0n) is 17.2. The molecule has 156 valence electrons. The lowest BCUT2D eigenvalue weighted by atomic mass is 10.0. The number of piperidine rings is 1. The second kappa shape index (κ2) is 8.75.